The van der Waals surface area contributed by atoms with Crippen LogP contribution in [0.4, 0.5) is 4.39 Å². The van der Waals surface area contributed by atoms with Crippen LogP contribution in [0.25, 0.3) is 0 Å². The molecule has 4 aromatic rings. The van der Waals surface area contributed by atoms with Crippen molar-refractivity contribution >= 4 is 53.1 Å². The summed E-state index contributed by atoms with van der Waals surface area (Å²) in [5.41, 5.74) is 4.42. The van der Waals surface area contributed by atoms with E-state index in [0.29, 0.717) is 5.56 Å². The van der Waals surface area contributed by atoms with Gasteiger partial charge in [0, 0.05) is 48.0 Å². The fourth-order valence-corrected chi connectivity index (χ4v) is 11.2. The van der Waals surface area contributed by atoms with Gasteiger partial charge in [-0.05, 0) is 132 Å². The van der Waals surface area contributed by atoms with E-state index in [1.54, 1.807) is 87.1 Å². The number of benzene rings is 4. The number of carbonyl (C=O) groups excluding carboxylic acids is 7. The molecule has 9 atom stereocenters. The van der Waals surface area contributed by atoms with Crippen LogP contribution in [0.2, 0.25) is 0 Å². The van der Waals surface area contributed by atoms with Crippen LogP contribution in [0.3, 0.4) is 0 Å². The Bertz CT molecular complexity index is 2880. The van der Waals surface area contributed by atoms with E-state index in [1.165, 1.54) is 28.3 Å². The predicted octanol–water partition coefficient (Wildman–Crippen LogP) is 6.14. The molecule has 7 rings (SSSR count). The largest absolute Gasteiger partial charge is 0.347 e. The van der Waals surface area contributed by atoms with Crippen LogP contribution in [0, 0.1) is 11.2 Å². The SMILES string of the molecule is CN[C@@H](C)C(=O)NC(C(=O)N1Cc2ccccc2C[C@H]1C(=O)N(Cc1ccc(C(=O)N[C@H]2C[C@@H](C(=O)N[C@@H]3CCCc4ccccc43)N(C(=O)[C@@H](NC(=O)[C@H](C)NC)C(C)(C)C)C2)cc1)[C@H](C)c1ccccc1F)C(C)(C)SC. The highest BCUT2D eigenvalue weighted by atomic mass is 32.2. The van der Waals surface area contributed by atoms with E-state index < -0.39 is 87.9 Å². The topological polar surface area (TPSA) is 201 Å². The van der Waals surface area contributed by atoms with Gasteiger partial charge < -0.3 is 46.6 Å². The third-order valence-corrected chi connectivity index (χ3v) is 17.5. The lowest BCUT2D eigenvalue weighted by Crippen LogP contribution is -2.63. The highest BCUT2D eigenvalue weighted by molar-refractivity contribution is 8.00. The number of halogens is 1. The molecule has 1 unspecified atom stereocenters. The van der Waals surface area contributed by atoms with E-state index in [0.717, 1.165) is 36.0 Å². The van der Waals surface area contributed by atoms with Crippen molar-refractivity contribution in [1.82, 2.24) is 46.6 Å². The molecule has 2 heterocycles. The number of thioether (sulfide) groups is 1. The number of amides is 7. The second kappa shape index (κ2) is 25.7. The molecule has 0 saturated carbocycles. The van der Waals surface area contributed by atoms with Crippen molar-refractivity contribution in [2.24, 2.45) is 5.41 Å². The van der Waals surface area contributed by atoms with Crippen LogP contribution < -0.4 is 31.9 Å². The van der Waals surface area contributed by atoms with Crippen molar-refractivity contribution in [3.63, 3.8) is 0 Å². The molecular weight excluding hydrogens is 1020 g/mol. The normalized spacial score (nSPS) is 20.1. The second-order valence-corrected chi connectivity index (χ2v) is 24.4. The lowest BCUT2D eigenvalue weighted by molar-refractivity contribution is -0.151. The van der Waals surface area contributed by atoms with Crippen molar-refractivity contribution in [3.05, 3.63) is 142 Å². The number of nitrogens with zero attached hydrogens (tertiary/aromatic N) is 3. The molecule has 6 N–H and O–H groups in total. The summed E-state index contributed by atoms with van der Waals surface area (Å²) >= 11 is 1.42. The molecule has 7 amide bonds. The molecule has 424 valence electrons. The van der Waals surface area contributed by atoms with Crippen molar-refractivity contribution in [2.45, 2.75) is 160 Å². The first kappa shape index (κ1) is 60.0. The van der Waals surface area contributed by atoms with Gasteiger partial charge in [-0.1, -0.05) is 99.6 Å². The van der Waals surface area contributed by atoms with Crippen molar-refractivity contribution in [3.8, 4) is 0 Å². The van der Waals surface area contributed by atoms with Crippen molar-refractivity contribution < 1.29 is 38.0 Å². The van der Waals surface area contributed by atoms with Crippen LogP contribution in [-0.2, 0) is 54.7 Å². The van der Waals surface area contributed by atoms with Crippen LogP contribution in [0.5, 0.6) is 0 Å². The Kier molecular flexibility index (Phi) is 19.5. The summed E-state index contributed by atoms with van der Waals surface area (Å²) in [5, 5.41) is 18.1. The maximum absolute atomic E-state index is 15.8. The average molecular weight is 1100 g/mol. The molecule has 0 aromatic heterocycles. The van der Waals surface area contributed by atoms with Gasteiger partial charge in [-0.15, -0.1) is 0 Å². The van der Waals surface area contributed by atoms with E-state index >= 15 is 14.0 Å². The lowest BCUT2D eigenvalue weighted by Gasteiger charge is -2.43. The smallest absolute Gasteiger partial charge is 0.251 e. The zero-order valence-corrected chi connectivity index (χ0v) is 48.4. The first-order valence-corrected chi connectivity index (χ1v) is 28.7. The lowest BCUT2D eigenvalue weighted by atomic mass is 9.85. The monoisotopic (exact) mass is 1100 g/mol. The maximum atomic E-state index is 15.8. The molecule has 79 heavy (non-hydrogen) atoms. The molecule has 1 fully saturated rings. The molecule has 18 heteroatoms. The molecule has 16 nitrogen and oxygen atoms in total. The predicted molar refractivity (Wildman–Crippen MR) is 306 cm³/mol. The summed E-state index contributed by atoms with van der Waals surface area (Å²) < 4.78 is 15.0. The number of rotatable bonds is 19. The zero-order chi connectivity index (χ0) is 57.5. The fraction of sp³-hybridized carbons (Fsp3) is 0.492. The Hall–Kier alpha value is -6.63. The van der Waals surface area contributed by atoms with Gasteiger partial charge in [0.2, 0.25) is 35.4 Å². The average Bonchev–Trinajstić information content (AvgIpc) is 4.00. The highest BCUT2D eigenvalue weighted by Gasteiger charge is 2.48. The Morgan fingerprint density at radius 3 is 1.91 bits per heavy atom. The summed E-state index contributed by atoms with van der Waals surface area (Å²) in [5.74, 6) is -3.30. The van der Waals surface area contributed by atoms with Gasteiger partial charge in [0.25, 0.3) is 5.91 Å². The number of likely N-dealkylation sites (tertiary alicyclic amines) is 1. The van der Waals surface area contributed by atoms with E-state index in [4.69, 9.17) is 0 Å². The van der Waals surface area contributed by atoms with Gasteiger partial charge >= 0.3 is 0 Å². The fourth-order valence-electron chi connectivity index (χ4n) is 10.8. The number of aryl methyl sites for hydroxylation is 1. The minimum Gasteiger partial charge on any atom is -0.347 e. The van der Waals surface area contributed by atoms with Gasteiger partial charge in [-0.2, -0.15) is 11.8 Å². The third-order valence-electron chi connectivity index (χ3n) is 16.2. The second-order valence-electron chi connectivity index (χ2n) is 23.0. The molecule has 3 aliphatic rings. The van der Waals surface area contributed by atoms with Gasteiger partial charge in [0.05, 0.1) is 24.2 Å². The van der Waals surface area contributed by atoms with Gasteiger partial charge in [0.15, 0.2) is 0 Å². The summed E-state index contributed by atoms with van der Waals surface area (Å²) in [6, 6.07) is 21.8. The van der Waals surface area contributed by atoms with E-state index in [2.05, 4.69) is 38.0 Å². The Morgan fingerprint density at radius 2 is 1.29 bits per heavy atom. The minimum atomic E-state index is -1.03. The Balaban J connectivity index is 1.15. The number of hydrogen-bond acceptors (Lipinski definition) is 10. The zero-order valence-electron chi connectivity index (χ0n) is 47.6. The van der Waals surface area contributed by atoms with Crippen molar-refractivity contribution in [1.29, 1.82) is 0 Å². The van der Waals surface area contributed by atoms with Gasteiger partial charge in [0.1, 0.15) is 30.0 Å². The summed E-state index contributed by atoms with van der Waals surface area (Å²) in [6.07, 6.45) is 4.70. The third kappa shape index (κ3) is 13.9. The van der Waals surface area contributed by atoms with E-state index in [9.17, 15) is 24.0 Å². The molecule has 1 aliphatic carbocycles. The number of fused-ring (bicyclic) bond motifs is 2. The molecule has 0 bridgehead atoms. The summed E-state index contributed by atoms with van der Waals surface area (Å²) in [4.78, 5) is 105. The van der Waals surface area contributed by atoms with Crippen LogP contribution in [-0.4, -0.2) is 130 Å². The first-order chi connectivity index (χ1) is 37.5. The Morgan fingerprint density at radius 1 is 0.709 bits per heavy atom. The van der Waals surface area contributed by atoms with E-state index in [-0.39, 0.29) is 67.4 Å². The molecule has 4 aromatic carbocycles. The van der Waals surface area contributed by atoms with Crippen LogP contribution in [0.15, 0.2) is 97.1 Å². The van der Waals surface area contributed by atoms with Gasteiger partial charge in [-0.25, -0.2) is 4.39 Å². The Labute approximate surface area is 469 Å². The van der Waals surface area contributed by atoms with Crippen LogP contribution >= 0.6 is 11.8 Å². The molecule has 0 radical (unpaired) electrons. The summed E-state index contributed by atoms with van der Waals surface area (Å²) in [7, 11) is 3.32. The number of likely N-dealkylation sites (N-methyl/N-ethyl adjacent to an activating group) is 2. The van der Waals surface area contributed by atoms with E-state index in [1.807, 2.05) is 83.3 Å². The molecule has 0 spiro atoms. The van der Waals surface area contributed by atoms with Crippen molar-refractivity contribution in [2.75, 3.05) is 26.9 Å². The van der Waals surface area contributed by atoms with Gasteiger partial charge in [-0.3, -0.25) is 33.6 Å². The quantitative estimate of drug-likeness (QED) is 0.0635. The highest BCUT2D eigenvalue weighted by Crippen LogP contribution is 2.35. The number of nitrogens with one attached hydrogen (secondary N) is 6. The maximum Gasteiger partial charge on any atom is 0.251 e. The standard InChI is InChI=1S/C61H80FN9O7S/c1-36(63-9)53(72)67-51(60(4,5)6)58(77)71-35-44(32-49(71)56(75)66-48-26-18-22-40-19-14-15-24-46(40)48)65-55(74)41-29-27-39(28-30-41)33-69(38(3)45-23-16-17-25-47(45)62)57(76)50-31-42-20-12-13-21-43(42)34-70(50)59(78)52(61(7,8)79-11)68-54(73)37(2)64-10/h12-17,19-21,23-25,27-30,36-38,44,48-52,63-64H,18,22,26,31-35H2,1-11H3,(H,65,74)(H,66,75)(H,67,72)(H,68,73)/t36-,37-,38+,44-,48+,49-,50-,51+,52?/m0/s1. The summed E-state index contributed by atoms with van der Waals surface area (Å²) in [6.45, 7) is 14.6. The molecule has 1 saturated heterocycles. The number of hydrogen-bond donors (Lipinski definition) is 6. The van der Waals surface area contributed by atoms with Crippen LogP contribution in [0.1, 0.15) is 130 Å². The number of carbonyl (C=O) groups is 7. The molecular formula is C61H80FN9O7S. The first-order valence-electron chi connectivity index (χ1n) is 27.5. The molecule has 2 aliphatic heterocycles. The minimum absolute atomic E-state index is 0.0131.